The van der Waals surface area contributed by atoms with Gasteiger partial charge in [0.15, 0.2) is 0 Å². The second-order valence-corrected chi connectivity index (χ2v) is 8.35. The molecule has 0 spiro atoms. The molecule has 2 heterocycles. The molecule has 0 bridgehead atoms. The minimum Gasteiger partial charge on any atom is -0.348 e. The number of hydrogen-bond donors (Lipinski definition) is 0. The first-order valence-electron chi connectivity index (χ1n) is 10.8. The maximum Gasteiger partial charge on any atom is 0.254 e. The predicted molar refractivity (Wildman–Crippen MR) is 115 cm³/mol. The maximum atomic E-state index is 14.0. The second kappa shape index (κ2) is 8.22. The SMILES string of the molecule is O=C(c1cccc(F)c1)N(CC(=O)N1CCn2cccc2C1c1cccc(F)c1)C1CC1. The summed E-state index contributed by atoms with van der Waals surface area (Å²) in [4.78, 5) is 29.9. The van der Waals surface area contributed by atoms with Gasteiger partial charge < -0.3 is 14.4 Å². The Balaban J connectivity index is 1.43. The van der Waals surface area contributed by atoms with Crippen LogP contribution in [0, 0.1) is 11.6 Å². The molecule has 0 N–H and O–H groups in total. The van der Waals surface area contributed by atoms with Crippen LogP contribution >= 0.6 is 0 Å². The van der Waals surface area contributed by atoms with Crippen LogP contribution in [0.3, 0.4) is 0 Å². The van der Waals surface area contributed by atoms with E-state index in [0.29, 0.717) is 18.7 Å². The molecule has 1 unspecified atom stereocenters. The van der Waals surface area contributed by atoms with Crippen molar-refractivity contribution in [1.82, 2.24) is 14.4 Å². The number of carbonyl (C=O) groups excluding carboxylic acids is 2. The summed E-state index contributed by atoms with van der Waals surface area (Å²) in [5.41, 5.74) is 1.83. The van der Waals surface area contributed by atoms with Crippen molar-refractivity contribution in [3.05, 3.63) is 95.3 Å². The van der Waals surface area contributed by atoms with Crippen molar-refractivity contribution < 1.29 is 18.4 Å². The largest absolute Gasteiger partial charge is 0.348 e. The molecule has 1 aromatic heterocycles. The standard InChI is InChI=1S/C25H23F2N3O2/c26-19-6-1-4-17(14-19)24-22-8-3-11-28(22)12-13-29(24)23(31)16-30(21-9-10-21)25(32)18-5-2-7-20(27)15-18/h1-8,11,14-15,21,24H,9-10,12-13,16H2. The van der Waals surface area contributed by atoms with Gasteiger partial charge in [-0.1, -0.05) is 18.2 Å². The molecule has 2 aromatic carbocycles. The van der Waals surface area contributed by atoms with Gasteiger partial charge in [0.1, 0.15) is 18.2 Å². The van der Waals surface area contributed by atoms with Crippen molar-refractivity contribution in [1.29, 1.82) is 0 Å². The number of nitrogens with zero attached hydrogens (tertiary/aromatic N) is 3. The summed E-state index contributed by atoms with van der Waals surface area (Å²) in [5, 5.41) is 0. The monoisotopic (exact) mass is 435 g/mol. The van der Waals surface area contributed by atoms with Gasteiger partial charge in [0.2, 0.25) is 5.91 Å². The van der Waals surface area contributed by atoms with Crippen LogP contribution in [0.2, 0.25) is 0 Å². The molecule has 164 valence electrons. The van der Waals surface area contributed by atoms with Crippen LogP contribution in [-0.2, 0) is 11.3 Å². The highest BCUT2D eigenvalue weighted by Gasteiger charge is 2.38. The van der Waals surface area contributed by atoms with Gasteiger partial charge in [0.25, 0.3) is 5.91 Å². The zero-order valence-corrected chi connectivity index (χ0v) is 17.5. The Morgan fingerprint density at radius 3 is 2.41 bits per heavy atom. The van der Waals surface area contributed by atoms with Crippen molar-refractivity contribution in [2.24, 2.45) is 0 Å². The lowest BCUT2D eigenvalue weighted by atomic mass is 9.99. The molecule has 5 nitrogen and oxygen atoms in total. The predicted octanol–water partition coefficient (Wildman–Crippen LogP) is 4.00. The molecule has 1 aliphatic carbocycles. The third kappa shape index (κ3) is 3.90. The lowest BCUT2D eigenvalue weighted by molar-refractivity contribution is -0.134. The van der Waals surface area contributed by atoms with E-state index in [1.807, 2.05) is 24.4 Å². The van der Waals surface area contributed by atoms with Gasteiger partial charge >= 0.3 is 0 Å². The Morgan fingerprint density at radius 2 is 1.69 bits per heavy atom. The zero-order valence-electron chi connectivity index (χ0n) is 17.5. The fourth-order valence-corrected chi connectivity index (χ4v) is 4.46. The first kappa shape index (κ1) is 20.4. The van der Waals surface area contributed by atoms with Crippen LogP contribution in [0.5, 0.6) is 0 Å². The molecule has 32 heavy (non-hydrogen) atoms. The summed E-state index contributed by atoms with van der Waals surface area (Å²) in [6.45, 7) is 0.988. The quantitative estimate of drug-likeness (QED) is 0.608. The Hall–Kier alpha value is -3.48. The number of rotatable bonds is 5. The van der Waals surface area contributed by atoms with Gasteiger partial charge in [-0.25, -0.2) is 8.78 Å². The van der Waals surface area contributed by atoms with E-state index in [2.05, 4.69) is 4.57 Å². The number of fused-ring (bicyclic) bond motifs is 1. The zero-order chi connectivity index (χ0) is 22.2. The Bertz CT molecular complexity index is 1170. The average Bonchev–Trinajstić information content (AvgIpc) is 3.52. The van der Waals surface area contributed by atoms with Crippen LogP contribution in [0.1, 0.15) is 40.5 Å². The van der Waals surface area contributed by atoms with E-state index in [4.69, 9.17) is 0 Å². The van der Waals surface area contributed by atoms with Crippen molar-refractivity contribution in [3.63, 3.8) is 0 Å². The smallest absolute Gasteiger partial charge is 0.254 e. The normalized spacial score (nSPS) is 17.7. The summed E-state index contributed by atoms with van der Waals surface area (Å²) in [6.07, 6.45) is 3.60. The molecule has 1 saturated carbocycles. The molecule has 3 aromatic rings. The molecule has 0 radical (unpaired) electrons. The van der Waals surface area contributed by atoms with Crippen molar-refractivity contribution in [2.75, 3.05) is 13.1 Å². The van der Waals surface area contributed by atoms with E-state index in [0.717, 1.165) is 18.5 Å². The topological polar surface area (TPSA) is 45.6 Å². The number of hydrogen-bond acceptors (Lipinski definition) is 2. The number of aromatic nitrogens is 1. The molecule has 1 aliphatic heterocycles. The molecule has 7 heteroatoms. The molecular formula is C25H23F2N3O2. The van der Waals surface area contributed by atoms with Gasteiger partial charge in [-0.3, -0.25) is 9.59 Å². The van der Waals surface area contributed by atoms with Crippen molar-refractivity contribution in [3.8, 4) is 0 Å². The van der Waals surface area contributed by atoms with Gasteiger partial charge in [0.05, 0.1) is 6.04 Å². The van der Waals surface area contributed by atoms with Crippen molar-refractivity contribution in [2.45, 2.75) is 31.5 Å². The highest BCUT2D eigenvalue weighted by molar-refractivity contribution is 5.97. The average molecular weight is 435 g/mol. The van der Waals surface area contributed by atoms with Gasteiger partial charge in [0, 0.05) is 36.6 Å². The van der Waals surface area contributed by atoms with Crippen LogP contribution in [-0.4, -0.2) is 45.3 Å². The van der Waals surface area contributed by atoms with Gasteiger partial charge in [-0.15, -0.1) is 0 Å². The molecule has 2 amide bonds. The number of benzene rings is 2. The highest BCUT2D eigenvalue weighted by Crippen LogP contribution is 2.34. The van der Waals surface area contributed by atoms with Crippen LogP contribution in [0.25, 0.3) is 0 Å². The van der Waals surface area contributed by atoms with E-state index in [1.165, 1.54) is 30.3 Å². The molecule has 1 atom stereocenters. The molecule has 2 aliphatic rings. The fourth-order valence-electron chi connectivity index (χ4n) is 4.46. The van der Waals surface area contributed by atoms with Crippen LogP contribution in [0.4, 0.5) is 8.78 Å². The minimum atomic E-state index is -0.485. The third-order valence-corrected chi connectivity index (χ3v) is 6.15. The molecule has 5 rings (SSSR count). The Morgan fingerprint density at radius 1 is 0.938 bits per heavy atom. The van der Waals surface area contributed by atoms with Gasteiger partial charge in [-0.05, 0) is 60.9 Å². The fraction of sp³-hybridized carbons (Fsp3) is 0.280. The summed E-state index contributed by atoms with van der Waals surface area (Å²) in [6, 6.07) is 15.2. The summed E-state index contributed by atoms with van der Waals surface area (Å²) < 4.78 is 29.7. The van der Waals surface area contributed by atoms with Gasteiger partial charge in [-0.2, -0.15) is 0 Å². The van der Waals surface area contributed by atoms with Crippen LogP contribution in [0.15, 0.2) is 66.9 Å². The van der Waals surface area contributed by atoms with E-state index in [9.17, 15) is 18.4 Å². The number of amides is 2. The van der Waals surface area contributed by atoms with E-state index in [1.54, 1.807) is 21.9 Å². The first-order chi connectivity index (χ1) is 15.5. The highest BCUT2D eigenvalue weighted by atomic mass is 19.1. The van der Waals surface area contributed by atoms with E-state index in [-0.39, 0.29) is 35.8 Å². The first-order valence-corrected chi connectivity index (χ1v) is 10.8. The van der Waals surface area contributed by atoms with Crippen molar-refractivity contribution >= 4 is 11.8 Å². The molecular weight excluding hydrogens is 412 g/mol. The maximum absolute atomic E-state index is 14.0. The minimum absolute atomic E-state index is 0.0176. The van der Waals surface area contributed by atoms with E-state index >= 15 is 0 Å². The molecule has 1 fully saturated rings. The number of carbonyl (C=O) groups is 2. The lowest BCUT2D eigenvalue weighted by Gasteiger charge is -2.38. The Labute approximate surface area is 184 Å². The summed E-state index contributed by atoms with van der Waals surface area (Å²) in [5.74, 6) is -1.40. The van der Waals surface area contributed by atoms with Crippen LogP contribution < -0.4 is 0 Å². The van der Waals surface area contributed by atoms with E-state index < -0.39 is 11.9 Å². The second-order valence-electron chi connectivity index (χ2n) is 8.35. The lowest BCUT2D eigenvalue weighted by Crippen LogP contribution is -2.48. The molecule has 0 saturated heterocycles. The number of halogens is 2. The Kier molecular flexibility index (Phi) is 5.25. The summed E-state index contributed by atoms with van der Waals surface area (Å²) in [7, 11) is 0. The summed E-state index contributed by atoms with van der Waals surface area (Å²) >= 11 is 0. The third-order valence-electron chi connectivity index (χ3n) is 6.15.